The van der Waals surface area contributed by atoms with E-state index in [0.717, 1.165) is 38.5 Å². The van der Waals surface area contributed by atoms with Crippen LogP contribution in [0.15, 0.2) is 0 Å². The molecule has 1 amide bonds. The third-order valence-corrected chi connectivity index (χ3v) is 4.10. The number of hydrogen-bond acceptors (Lipinski definition) is 3. The number of amides is 1. The topological polar surface area (TPSA) is 35.6 Å². The van der Waals surface area contributed by atoms with Gasteiger partial charge >= 0.3 is 0 Å². The Kier molecular flexibility index (Phi) is 8.93. The zero-order chi connectivity index (χ0) is 15.7. The van der Waals surface area contributed by atoms with Crippen molar-refractivity contribution in [1.29, 1.82) is 0 Å². The van der Waals surface area contributed by atoms with Crippen LogP contribution in [0.25, 0.3) is 0 Å². The number of hydrogen-bond donors (Lipinski definition) is 1. The van der Waals surface area contributed by atoms with E-state index in [1.165, 1.54) is 25.8 Å². The van der Waals surface area contributed by atoms with Crippen LogP contribution in [0.4, 0.5) is 0 Å². The highest BCUT2D eigenvalue weighted by molar-refractivity contribution is 5.78. The van der Waals surface area contributed by atoms with Gasteiger partial charge in [-0.15, -0.1) is 0 Å². The molecule has 0 saturated carbocycles. The molecule has 1 N–H and O–H groups in total. The number of piperazine rings is 1. The van der Waals surface area contributed by atoms with Gasteiger partial charge in [-0.05, 0) is 19.3 Å². The van der Waals surface area contributed by atoms with Crippen LogP contribution in [0.3, 0.4) is 0 Å². The maximum absolute atomic E-state index is 12.0. The zero-order valence-corrected chi connectivity index (χ0v) is 14.5. The molecule has 0 spiro atoms. The minimum atomic E-state index is 0.191. The summed E-state index contributed by atoms with van der Waals surface area (Å²) in [6.07, 6.45) is 4.81. The smallest absolute Gasteiger partial charge is 0.234 e. The SMILES string of the molecule is CCCCCC(C)NC(=O)CN1CCN(CC(C)C)CC1. The molecule has 4 heteroatoms. The third kappa shape index (κ3) is 8.42. The fourth-order valence-corrected chi connectivity index (χ4v) is 2.94. The van der Waals surface area contributed by atoms with Gasteiger partial charge in [-0.3, -0.25) is 9.69 Å². The normalized spacial score (nSPS) is 18.9. The van der Waals surface area contributed by atoms with Gasteiger partial charge in [0.05, 0.1) is 6.54 Å². The summed E-state index contributed by atoms with van der Waals surface area (Å²) in [5.41, 5.74) is 0. The van der Waals surface area contributed by atoms with E-state index in [1.54, 1.807) is 0 Å². The van der Waals surface area contributed by atoms with Gasteiger partial charge in [0.2, 0.25) is 5.91 Å². The minimum Gasteiger partial charge on any atom is -0.353 e. The van der Waals surface area contributed by atoms with Crippen LogP contribution in [0.2, 0.25) is 0 Å². The lowest BCUT2D eigenvalue weighted by atomic mass is 10.1. The van der Waals surface area contributed by atoms with Gasteiger partial charge in [0.15, 0.2) is 0 Å². The van der Waals surface area contributed by atoms with Gasteiger partial charge in [-0.25, -0.2) is 0 Å². The highest BCUT2D eigenvalue weighted by Crippen LogP contribution is 2.06. The molecule has 1 atom stereocenters. The summed E-state index contributed by atoms with van der Waals surface area (Å²) >= 11 is 0. The summed E-state index contributed by atoms with van der Waals surface area (Å²) in [5, 5.41) is 3.14. The highest BCUT2D eigenvalue weighted by atomic mass is 16.2. The lowest BCUT2D eigenvalue weighted by Gasteiger charge is -2.35. The average molecular weight is 297 g/mol. The monoisotopic (exact) mass is 297 g/mol. The van der Waals surface area contributed by atoms with Crippen molar-refractivity contribution in [2.24, 2.45) is 5.92 Å². The largest absolute Gasteiger partial charge is 0.353 e. The Morgan fingerprint density at radius 2 is 1.67 bits per heavy atom. The summed E-state index contributed by atoms with van der Waals surface area (Å²) in [6.45, 7) is 14.8. The van der Waals surface area contributed by atoms with Crippen molar-refractivity contribution in [1.82, 2.24) is 15.1 Å². The fraction of sp³-hybridized carbons (Fsp3) is 0.941. The quantitative estimate of drug-likeness (QED) is 0.664. The van der Waals surface area contributed by atoms with Gasteiger partial charge in [0, 0.05) is 38.8 Å². The van der Waals surface area contributed by atoms with Gasteiger partial charge in [-0.1, -0.05) is 40.0 Å². The Morgan fingerprint density at radius 3 is 2.24 bits per heavy atom. The highest BCUT2D eigenvalue weighted by Gasteiger charge is 2.19. The molecule has 1 unspecified atom stereocenters. The van der Waals surface area contributed by atoms with Crippen molar-refractivity contribution in [2.75, 3.05) is 39.3 Å². The Bertz CT molecular complexity index is 286. The fourth-order valence-electron chi connectivity index (χ4n) is 2.94. The molecule has 21 heavy (non-hydrogen) atoms. The molecule has 1 aliphatic heterocycles. The van der Waals surface area contributed by atoms with Crippen LogP contribution in [0, 0.1) is 5.92 Å². The second-order valence-electron chi connectivity index (χ2n) is 6.93. The molecular formula is C17H35N3O. The summed E-state index contributed by atoms with van der Waals surface area (Å²) < 4.78 is 0. The maximum Gasteiger partial charge on any atom is 0.234 e. The second-order valence-corrected chi connectivity index (χ2v) is 6.93. The van der Waals surface area contributed by atoms with Crippen LogP contribution < -0.4 is 5.32 Å². The number of unbranched alkanes of at least 4 members (excludes halogenated alkanes) is 2. The zero-order valence-electron chi connectivity index (χ0n) is 14.5. The van der Waals surface area contributed by atoms with Crippen molar-refractivity contribution in [2.45, 2.75) is 59.4 Å². The predicted molar refractivity (Wildman–Crippen MR) is 89.5 cm³/mol. The van der Waals surface area contributed by atoms with E-state index in [2.05, 4.69) is 42.8 Å². The minimum absolute atomic E-state index is 0.191. The number of nitrogens with zero attached hydrogens (tertiary/aromatic N) is 2. The Morgan fingerprint density at radius 1 is 1.05 bits per heavy atom. The maximum atomic E-state index is 12.0. The average Bonchev–Trinajstić information content (AvgIpc) is 2.40. The molecule has 0 aromatic heterocycles. The van der Waals surface area contributed by atoms with Crippen LogP contribution in [-0.4, -0.2) is 61.0 Å². The number of nitrogens with one attached hydrogen (secondary N) is 1. The van der Waals surface area contributed by atoms with E-state index in [9.17, 15) is 4.79 Å². The van der Waals surface area contributed by atoms with Crippen LogP contribution in [0.1, 0.15) is 53.4 Å². The lowest BCUT2D eigenvalue weighted by molar-refractivity contribution is -0.123. The summed E-state index contributed by atoms with van der Waals surface area (Å²) in [5.74, 6) is 0.917. The van der Waals surface area contributed by atoms with E-state index < -0.39 is 0 Å². The Labute approximate surface area is 131 Å². The van der Waals surface area contributed by atoms with Gasteiger partial charge in [0.1, 0.15) is 0 Å². The van der Waals surface area contributed by atoms with Gasteiger partial charge in [-0.2, -0.15) is 0 Å². The molecule has 1 heterocycles. The number of carbonyl (C=O) groups is 1. The first kappa shape index (κ1) is 18.4. The standard InChI is InChI=1S/C17H35N3O/c1-5-6-7-8-16(4)18-17(21)14-20-11-9-19(10-12-20)13-15(2)3/h15-16H,5-14H2,1-4H3,(H,18,21). The second kappa shape index (κ2) is 10.2. The first-order valence-electron chi connectivity index (χ1n) is 8.75. The van der Waals surface area contributed by atoms with E-state index >= 15 is 0 Å². The number of rotatable bonds is 9. The summed E-state index contributed by atoms with van der Waals surface area (Å²) in [7, 11) is 0. The predicted octanol–water partition coefficient (Wildman–Crippen LogP) is 2.34. The molecule has 1 saturated heterocycles. The molecular weight excluding hydrogens is 262 g/mol. The number of carbonyl (C=O) groups excluding carboxylic acids is 1. The van der Waals surface area contributed by atoms with Crippen molar-refractivity contribution in [3.05, 3.63) is 0 Å². The Balaban J connectivity index is 2.15. The van der Waals surface area contributed by atoms with Crippen LogP contribution in [-0.2, 0) is 4.79 Å². The first-order valence-corrected chi connectivity index (χ1v) is 8.75. The molecule has 1 fully saturated rings. The van der Waals surface area contributed by atoms with E-state index in [4.69, 9.17) is 0 Å². The van der Waals surface area contributed by atoms with Crippen LogP contribution in [0.5, 0.6) is 0 Å². The summed E-state index contributed by atoms with van der Waals surface area (Å²) in [6, 6.07) is 0.311. The molecule has 124 valence electrons. The molecule has 0 aliphatic carbocycles. The van der Waals surface area contributed by atoms with Crippen molar-refractivity contribution in [3.63, 3.8) is 0 Å². The molecule has 1 rings (SSSR count). The molecule has 0 aromatic carbocycles. The van der Waals surface area contributed by atoms with Crippen molar-refractivity contribution < 1.29 is 4.79 Å². The molecule has 4 nitrogen and oxygen atoms in total. The van der Waals surface area contributed by atoms with Crippen molar-refractivity contribution >= 4 is 5.91 Å². The van der Waals surface area contributed by atoms with E-state index in [-0.39, 0.29) is 5.91 Å². The molecule has 0 aromatic rings. The molecule has 1 aliphatic rings. The molecule has 0 bridgehead atoms. The van der Waals surface area contributed by atoms with E-state index in [0.29, 0.717) is 12.6 Å². The molecule has 0 radical (unpaired) electrons. The van der Waals surface area contributed by atoms with Gasteiger partial charge < -0.3 is 10.2 Å². The van der Waals surface area contributed by atoms with Gasteiger partial charge in [0.25, 0.3) is 0 Å². The summed E-state index contributed by atoms with van der Waals surface area (Å²) in [4.78, 5) is 16.8. The van der Waals surface area contributed by atoms with Crippen molar-refractivity contribution in [3.8, 4) is 0 Å². The lowest BCUT2D eigenvalue weighted by Crippen LogP contribution is -2.50. The van der Waals surface area contributed by atoms with Crippen LogP contribution >= 0.6 is 0 Å². The van der Waals surface area contributed by atoms with E-state index in [1.807, 2.05) is 0 Å². The Hall–Kier alpha value is -0.610. The third-order valence-electron chi connectivity index (χ3n) is 4.10. The first-order chi connectivity index (χ1) is 10.0.